The van der Waals surface area contributed by atoms with E-state index < -0.39 is 12.1 Å². The van der Waals surface area contributed by atoms with Crippen molar-refractivity contribution in [1.29, 1.82) is 0 Å². The van der Waals surface area contributed by atoms with Crippen molar-refractivity contribution in [2.24, 2.45) is 0 Å². The largest absolute Gasteiger partial charge is 0.494 e. The lowest BCUT2D eigenvalue weighted by Gasteiger charge is -2.30. The van der Waals surface area contributed by atoms with Crippen LogP contribution in [0.5, 0.6) is 5.75 Å². The minimum absolute atomic E-state index is 0.154. The van der Waals surface area contributed by atoms with Crippen molar-refractivity contribution in [2.45, 2.75) is 32.3 Å². The number of benzene rings is 2. The standard InChI is InChI=1S/C24H27NO4/c1-2-28-21-14-11-19(12-15-21)13-16-22(26)29-23(20-9-5-3-6-10-20)24(27)25-17-7-4-8-18-25/h3,5-6,9-16,23H,2,4,7-8,17-18H2,1H3/b16-13+/t23-/m0/s1. The molecule has 1 fully saturated rings. The predicted molar refractivity (Wildman–Crippen MR) is 112 cm³/mol. The van der Waals surface area contributed by atoms with Crippen molar-refractivity contribution in [3.8, 4) is 5.75 Å². The summed E-state index contributed by atoms with van der Waals surface area (Å²) in [6.45, 7) is 3.95. The van der Waals surface area contributed by atoms with Gasteiger partial charge in [-0.1, -0.05) is 42.5 Å². The van der Waals surface area contributed by atoms with Crippen molar-refractivity contribution >= 4 is 18.0 Å². The lowest BCUT2D eigenvalue weighted by molar-refractivity contribution is -0.157. The van der Waals surface area contributed by atoms with Crippen LogP contribution in [0, 0.1) is 0 Å². The van der Waals surface area contributed by atoms with E-state index in [-0.39, 0.29) is 5.91 Å². The van der Waals surface area contributed by atoms with Crippen molar-refractivity contribution in [3.63, 3.8) is 0 Å². The van der Waals surface area contributed by atoms with E-state index in [4.69, 9.17) is 9.47 Å². The zero-order valence-electron chi connectivity index (χ0n) is 16.8. The minimum atomic E-state index is -0.924. The maximum atomic E-state index is 13.0. The van der Waals surface area contributed by atoms with Crippen LogP contribution in [0.3, 0.4) is 0 Å². The average Bonchev–Trinajstić information content (AvgIpc) is 2.78. The third-order valence-corrected chi connectivity index (χ3v) is 4.83. The molecule has 3 rings (SSSR count). The zero-order chi connectivity index (χ0) is 20.5. The van der Waals surface area contributed by atoms with Crippen LogP contribution in [0.25, 0.3) is 6.08 Å². The fourth-order valence-electron chi connectivity index (χ4n) is 3.33. The second kappa shape index (κ2) is 10.5. The number of likely N-dealkylation sites (tertiary alicyclic amines) is 1. The van der Waals surface area contributed by atoms with Gasteiger partial charge in [0.2, 0.25) is 6.10 Å². The summed E-state index contributed by atoms with van der Waals surface area (Å²) in [5.41, 5.74) is 1.54. The molecule has 0 radical (unpaired) electrons. The van der Waals surface area contributed by atoms with Gasteiger partial charge in [0.1, 0.15) is 5.75 Å². The van der Waals surface area contributed by atoms with Gasteiger partial charge in [-0.05, 0) is 50.0 Å². The van der Waals surface area contributed by atoms with Gasteiger partial charge in [-0.25, -0.2) is 4.79 Å². The first-order valence-electron chi connectivity index (χ1n) is 10.1. The molecule has 0 unspecified atom stereocenters. The summed E-state index contributed by atoms with van der Waals surface area (Å²) in [6, 6.07) is 16.6. The lowest BCUT2D eigenvalue weighted by Crippen LogP contribution is -2.40. The number of carbonyl (C=O) groups is 2. The highest BCUT2D eigenvalue weighted by Gasteiger charge is 2.29. The number of hydrogen-bond acceptors (Lipinski definition) is 4. The molecule has 5 nitrogen and oxygen atoms in total. The normalized spacial score (nSPS) is 15.1. The molecule has 2 aromatic carbocycles. The van der Waals surface area contributed by atoms with Gasteiger partial charge in [0, 0.05) is 24.7 Å². The second-order valence-electron chi connectivity index (χ2n) is 6.95. The Bertz CT molecular complexity index is 824. The summed E-state index contributed by atoms with van der Waals surface area (Å²) in [6.07, 6.45) is 5.20. The van der Waals surface area contributed by atoms with E-state index in [1.54, 1.807) is 11.0 Å². The molecule has 0 N–H and O–H groups in total. The van der Waals surface area contributed by atoms with Crippen molar-refractivity contribution in [3.05, 3.63) is 71.8 Å². The van der Waals surface area contributed by atoms with Gasteiger partial charge in [0.25, 0.3) is 5.91 Å². The van der Waals surface area contributed by atoms with Crippen molar-refractivity contribution in [1.82, 2.24) is 4.90 Å². The summed E-state index contributed by atoms with van der Waals surface area (Å²) >= 11 is 0. The molecular weight excluding hydrogens is 366 g/mol. The summed E-state index contributed by atoms with van der Waals surface area (Å²) in [4.78, 5) is 27.3. The Morgan fingerprint density at radius 3 is 2.34 bits per heavy atom. The van der Waals surface area contributed by atoms with Gasteiger partial charge in [0.15, 0.2) is 0 Å². The van der Waals surface area contributed by atoms with E-state index in [9.17, 15) is 9.59 Å². The molecule has 1 heterocycles. The van der Waals surface area contributed by atoms with Crippen LogP contribution in [0.2, 0.25) is 0 Å². The SMILES string of the molecule is CCOc1ccc(/C=C/C(=O)O[C@H](C(=O)N2CCCCC2)c2ccccc2)cc1. The quantitative estimate of drug-likeness (QED) is 0.517. The third kappa shape index (κ3) is 5.95. The highest BCUT2D eigenvalue weighted by molar-refractivity contribution is 5.91. The first-order valence-corrected chi connectivity index (χ1v) is 10.1. The van der Waals surface area contributed by atoms with Crippen LogP contribution >= 0.6 is 0 Å². The Balaban J connectivity index is 1.69. The smallest absolute Gasteiger partial charge is 0.331 e. The number of piperidine rings is 1. The predicted octanol–water partition coefficient (Wildman–Crippen LogP) is 4.40. The first kappa shape index (κ1) is 20.6. The van der Waals surface area contributed by atoms with Crippen molar-refractivity contribution < 1.29 is 19.1 Å². The third-order valence-electron chi connectivity index (χ3n) is 4.83. The van der Waals surface area contributed by atoms with Gasteiger partial charge in [-0.2, -0.15) is 0 Å². The molecule has 1 amide bonds. The van der Waals surface area contributed by atoms with E-state index in [1.165, 1.54) is 6.08 Å². The molecule has 0 bridgehead atoms. The summed E-state index contributed by atoms with van der Waals surface area (Å²) < 4.78 is 11.0. The Kier molecular flexibility index (Phi) is 7.45. The van der Waals surface area contributed by atoms with E-state index in [0.717, 1.165) is 30.6 Å². The average molecular weight is 393 g/mol. The van der Waals surface area contributed by atoms with Crippen LogP contribution in [0.15, 0.2) is 60.7 Å². The first-order chi connectivity index (χ1) is 14.2. The van der Waals surface area contributed by atoms with Crippen LogP contribution in [-0.4, -0.2) is 36.5 Å². The van der Waals surface area contributed by atoms with Crippen LogP contribution < -0.4 is 4.74 Å². The van der Waals surface area contributed by atoms with Gasteiger partial charge in [0.05, 0.1) is 6.61 Å². The monoisotopic (exact) mass is 393 g/mol. The maximum Gasteiger partial charge on any atom is 0.331 e. The molecule has 2 aromatic rings. The summed E-state index contributed by atoms with van der Waals surface area (Å²) in [5.74, 6) is 0.0836. The Labute approximate surface area is 171 Å². The summed E-state index contributed by atoms with van der Waals surface area (Å²) in [5, 5.41) is 0. The van der Waals surface area contributed by atoms with Crippen molar-refractivity contribution in [2.75, 3.05) is 19.7 Å². The molecule has 29 heavy (non-hydrogen) atoms. The number of carbonyl (C=O) groups excluding carboxylic acids is 2. The number of esters is 1. The van der Waals surface area contributed by atoms with Gasteiger partial charge >= 0.3 is 5.97 Å². The Hall–Kier alpha value is -3.08. The van der Waals surface area contributed by atoms with E-state index in [1.807, 2.05) is 61.5 Å². The molecular formula is C24H27NO4. The van der Waals surface area contributed by atoms with E-state index in [2.05, 4.69) is 0 Å². The number of nitrogens with zero attached hydrogens (tertiary/aromatic N) is 1. The second-order valence-corrected chi connectivity index (χ2v) is 6.95. The zero-order valence-corrected chi connectivity index (χ0v) is 16.8. The van der Waals surface area contributed by atoms with E-state index in [0.29, 0.717) is 25.3 Å². The highest BCUT2D eigenvalue weighted by atomic mass is 16.5. The molecule has 5 heteroatoms. The molecule has 1 saturated heterocycles. The van der Waals surface area contributed by atoms with Crippen LogP contribution in [-0.2, 0) is 14.3 Å². The maximum absolute atomic E-state index is 13.0. The molecule has 152 valence electrons. The van der Waals surface area contributed by atoms with Crippen LogP contribution in [0.1, 0.15) is 43.4 Å². The van der Waals surface area contributed by atoms with E-state index >= 15 is 0 Å². The Morgan fingerprint density at radius 1 is 1.00 bits per heavy atom. The molecule has 1 aliphatic rings. The number of amides is 1. The molecule has 0 aromatic heterocycles. The molecule has 0 spiro atoms. The van der Waals surface area contributed by atoms with Crippen LogP contribution in [0.4, 0.5) is 0 Å². The number of ether oxygens (including phenoxy) is 2. The minimum Gasteiger partial charge on any atom is -0.494 e. The summed E-state index contributed by atoms with van der Waals surface area (Å²) in [7, 11) is 0. The molecule has 1 atom stereocenters. The molecule has 1 aliphatic heterocycles. The lowest BCUT2D eigenvalue weighted by atomic mass is 10.1. The fourth-order valence-corrected chi connectivity index (χ4v) is 3.33. The topological polar surface area (TPSA) is 55.8 Å². The van der Waals surface area contributed by atoms with Gasteiger partial charge in [-0.3, -0.25) is 4.79 Å². The number of hydrogen-bond donors (Lipinski definition) is 0. The Morgan fingerprint density at radius 2 is 1.69 bits per heavy atom. The number of rotatable bonds is 7. The van der Waals surface area contributed by atoms with Gasteiger partial charge in [-0.15, -0.1) is 0 Å². The fraction of sp³-hybridized carbons (Fsp3) is 0.333. The highest BCUT2D eigenvalue weighted by Crippen LogP contribution is 2.23. The molecule has 0 saturated carbocycles. The van der Waals surface area contributed by atoms with Gasteiger partial charge < -0.3 is 14.4 Å². The molecule has 0 aliphatic carbocycles.